The van der Waals surface area contributed by atoms with Crippen LogP contribution in [0.4, 0.5) is 13.2 Å². The number of carboxylic acid groups (broad SMARTS) is 1. The molecule has 0 spiro atoms. The number of carbonyl (C=O) groups excluding carboxylic acids is 1. The Morgan fingerprint density at radius 2 is 1.67 bits per heavy atom. The van der Waals surface area contributed by atoms with Gasteiger partial charge in [-0.2, -0.15) is 13.2 Å². The molecule has 4 nitrogen and oxygen atoms in total. The second-order valence-electron chi connectivity index (χ2n) is 5.74. The number of rotatable bonds is 6. The fourth-order valence-corrected chi connectivity index (χ4v) is 2.97. The van der Waals surface area contributed by atoms with E-state index in [1.807, 2.05) is 0 Å². The number of alkyl halides is 3. The number of aliphatic carboxylic acids is 1. The Hall–Kier alpha value is -2.25. The van der Waals surface area contributed by atoms with Gasteiger partial charge in [0.1, 0.15) is 6.04 Å². The average molecular weight is 420 g/mol. The number of carbonyl (C=O) groups is 2. The van der Waals surface area contributed by atoms with Crippen molar-refractivity contribution in [2.75, 3.05) is 0 Å². The Kier molecular flexibility index (Phi) is 6.73. The fourth-order valence-electron chi connectivity index (χ4n) is 2.42. The van der Waals surface area contributed by atoms with Crippen LogP contribution >= 0.6 is 23.2 Å². The Morgan fingerprint density at radius 3 is 2.22 bits per heavy atom. The predicted molar refractivity (Wildman–Crippen MR) is 94.9 cm³/mol. The molecule has 2 N–H and O–H groups in total. The second-order valence-corrected chi connectivity index (χ2v) is 6.55. The molecule has 0 aliphatic rings. The molecule has 1 atom stereocenters. The Labute approximate surface area is 162 Å². The highest BCUT2D eigenvalue weighted by Crippen LogP contribution is 2.29. The van der Waals surface area contributed by atoms with Gasteiger partial charge in [-0.3, -0.25) is 4.79 Å². The molecule has 2 rings (SSSR count). The number of halogens is 5. The van der Waals surface area contributed by atoms with Crippen molar-refractivity contribution in [3.63, 3.8) is 0 Å². The zero-order valence-corrected chi connectivity index (χ0v) is 15.2. The van der Waals surface area contributed by atoms with E-state index >= 15 is 0 Å². The quantitative estimate of drug-likeness (QED) is 0.730. The Balaban J connectivity index is 2.11. The van der Waals surface area contributed by atoms with Crippen LogP contribution in [-0.4, -0.2) is 23.0 Å². The van der Waals surface area contributed by atoms with Crippen molar-refractivity contribution in [3.8, 4) is 0 Å². The van der Waals surface area contributed by atoms with Crippen molar-refractivity contribution in [2.24, 2.45) is 0 Å². The highest BCUT2D eigenvalue weighted by Gasteiger charge is 2.30. The maximum Gasteiger partial charge on any atom is 0.416 e. The molecule has 144 valence electrons. The third-order valence-corrected chi connectivity index (χ3v) is 4.43. The van der Waals surface area contributed by atoms with Gasteiger partial charge in [0.15, 0.2) is 0 Å². The van der Waals surface area contributed by atoms with Crippen molar-refractivity contribution in [1.82, 2.24) is 5.32 Å². The molecule has 2 aromatic rings. The summed E-state index contributed by atoms with van der Waals surface area (Å²) in [5, 5.41) is 12.1. The van der Waals surface area contributed by atoms with Gasteiger partial charge >= 0.3 is 12.1 Å². The molecule has 0 aliphatic carbocycles. The fraction of sp³-hybridized carbons (Fsp3) is 0.222. The molecule has 0 fully saturated rings. The van der Waals surface area contributed by atoms with E-state index in [-0.39, 0.29) is 22.0 Å². The van der Waals surface area contributed by atoms with Gasteiger partial charge in [0.05, 0.1) is 12.0 Å². The SMILES string of the molecule is O=C(Cc1cccc(C(F)(F)F)c1)N[C@@H](Cc1c(Cl)cccc1Cl)C(=O)O. The third-order valence-electron chi connectivity index (χ3n) is 3.72. The lowest BCUT2D eigenvalue weighted by atomic mass is 10.0. The smallest absolute Gasteiger partial charge is 0.416 e. The summed E-state index contributed by atoms with van der Waals surface area (Å²) in [5.41, 5.74) is -0.416. The van der Waals surface area contributed by atoms with E-state index in [0.717, 1.165) is 12.1 Å². The van der Waals surface area contributed by atoms with Crippen molar-refractivity contribution in [2.45, 2.75) is 25.1 Å². The summed E-state index contributed by atoms with van der Waals surface area (Å²) in [6.45, 7) is 0. The minimum absolute atomic E-state index is 0.113. The van der Waals surface area contributed by atoms with Crippen molar-refractivity contribution in [1.29, 1.82) is 0 Å². The van der Waals surface area contributed by atoms with Gasteiger partial charge in [-0.1, -0.05) is 47.5 Å². The van der Waals surface area contributed by atoms with Gasteiger partial charge in [0.2, 0.25) is 5.91 Å². The van der Waals surface area contributed by atoms with Crippen molar-refractivity contribution >= 4 is 35.1 Å². The van der Waals surface area contributed by atoms with Gasteiger partial charge in [-0.05, 0) is 29.3 Å². The average Bonchev–Trinajstić information content (AvgIpc) is 2.56. The van der Waals surface area contributed by atoms with Crippen LogP contribution in [0, 0.1) is 0 Å². The van der Waals surface area contributed by atoms with E-state index in [2.05, 4.69) is 5.32 Å². The predicted octanol–water partition coefficient (Wildman–Crippen LogP) is 4.37. The number of hydrogen-bond acceptors (Lipinski definition) is 2. The van der Waals surface area contributed by atoms with Crippen LogP contribution in [0.5, 0.6) is 0 Å². The van der Waals surface area contributed by atoms with Crippen LogP contribution in [0.25, 0.3) is 0 Å². The molecule has 0 heterocycles. The zero-order valence-electron chi connectivity index (χ0n) is 13.7. The van der Waals surface area contributed by atoms with E-state index in [1.54, 1.807) is 6.07 Å². The highest BCUT2D eigenvalue weighted by molar-refractivity contribution is 6.36. The highest BCUT2D eigenvalue weighted by atomic mass is 35.5. The van der Waals surface area contributed by atoms with E-state index in [0.29, 0.717) is 5.56 Å². The first-order valence-electron chi connectivity index (χ1n) is 7.69. The molecule has 9 heteroatoms. The molecule has 0 aromatic heterocycles. The summed E-state index contributed by atoms with van der Waals surface area (Å²) < 4.78 is 38.2. The zero-order chi connectivity index (χ0) is 20.2. The summed E-state index contributed by atoms with van der Waals surface area (Å²) in [6.07, 6.45) is -5.09. The molecule has 0 saturated carbocycles. The van der Waals surface area contributed by atoms with Crippen LogP contribution in [0.1, 0.15) is 16.7 Å². The van der Waals surface area contributed by atoms with Crippen LogP contribution in [0.2, 0.25) is 10.0 Å². The van der Waals surface area contributed by atoms with Gasteiger partial charge in [0, 0.05) is 16.5 Å². The molecule has 0 saturated heterocycles. The lowest BCUT2D eigenvalue weighted by molar-refractivity contribution is -0.141. The van der Waals surface area contributed by atoms with Gasteiger partial charge in [-0.25, -0.2) is 4.79 Å². The van der Waals surface area contributed by atoms with E-state index in [9.17, 15) is 27.9 Å². The Morgan fingerprint density at radius 1 is 1.07 bits per heavy atom. The van der Waals surface area contributed by atoms with Crippen LogP contribution in [0.3, 0.4) is 0 Å². The van der Waals surface area contributed by atoms with Gasteiger partial charge in [0.25, 0.3) is 0 Å². The molecular weight excluding hydrogens is 406 g/mol. The number of amides is 1. The molecule has 0 radical (unpaired) electrons. The minimum Gasteiger partial charge on any atom is -0.480 e. The summed E-state index contributed by atoms with van der Waals surface area (Å²) in [7, 11) is 0. The summed E-state index contributed by atoms with van der Waals surface area (Å²) in [4.78, 5) is 23.6. The summed E-state index contributed by atoms with van der Waals surface area (Å²) >= 11 is 12.0. The van der Waals surface area contributed by atoms with Crippen molar-refractivity contribution < 1.29 is 27.9 Å². The number of carboxylic acids is 1. The summed E-state index contributed by atoms with van der Waals surface area (Å²) in [5.74, 6) is -2.05. The number of nitrogens with one attached hydrogen (secondary N) is 1. The maximum absolute atomic E-state index is 12.7. The topological polar surface area (TPSA) is 66.4 Å². The Bertz CT molecular complexity index is 836. The molecule has 27 heavy (non-hydrogen) atoms. The van der Waals surface area contributed by atoms with E-state index in [1.165, 1.54) is 24.3 Å². The lowest BCUT2D eigenvalue weighted by Crippen LogP contribution is -2.43. The van der Waals surface area contributed by atoms with Gasteiger partial charge < -0.3 is 10.4 Å². The van der Waals surface area contributed by atoms with E-state index < -0.39 is 36.1 Å². The largest absolute Gasteiger partial charge is 0.480 e. The molecule has 1 amide bonds. The monoisotopic (exact) mass is 419 g/mol. The number of benzene rings is 2. The molecular formula is C18H14Cl2F3NO3. The molecule has 0 aliphatic heterocycles. The minimum atomic E-state index is -4.53. The first-order valence-corrected chi connectivity index (χ1v) is 8.44. The summed E-state index contributed by atoms with van der Waals surface area (Å²) in [6, 6.07) is 7.61. The maximum atomic E-state index is 12.7. The van der Waals surface area contributed by atoms with Crippen molar-refractivity contribution in [3.05, 3.63) is 69.2 Å². The molecule has 2 aromatic carbocycles. The molecule has 0 unspecified atom stereocenters. The van der Waals surface area contributed by atoms with Crippen LogP contribution in [0.15, 0.2) is 42.5 Å². The van der Waals surface area contributed by atoms with Crippen LogP contribution in [-0.2, 0) is 28.6 Å². The third kappa shape index (κ3) is 5.87. The van der Waals surface area contributed by atoms with Gasteiger partial charge in [-0.15, -0.1) is 0 Å². The second kappa shape index (κ2) is 8.63. The van der Waals surface area contributed by atoms with Crippen LogP contribution < -0.4 is 5.32 Å². The first-order chi connectivity index (χ1) is 12.6. The number of hydrogen-bond donors (Lipinski definition) is 2. The first kappa shape index (κ1) is 21.1. The molecule has 0 bridgehead atoms. The lowest BCUT2D eigenvalue weighted by Gasteiger charge is -2.16. The van der Waals surface area contributed by atoms with E-state index in [4.69, 9.17) is 23.2 Å². The normalized spacial score (nSPS) is 12.5. The standard InChI is InChI=1S/C18H14Cl2F3NO3/c19-13-5-2-6-14(20)12(13)9-15(17(26)27)24-16(25)8-10-3-1-4-11(7-10)18(21,22)23/h1-7,15H,8-9H2,(H,24,25)(H,26,27)/t15-/m0/s1.